The van der Waals surface area contributed by atoms with Crippen molar-refractivity contribution in [1.29, 1.82) is 0 Å². The van der Waals surface area contributed by atoms with Crippen LogP contribution in [0.5, 0.6) is 0 Å². The third-order valence-electron chi connectivity index (χ3n) is 5.26. The third kappa shape index (κ3) is 3.70. The van der Waals surface area contributed by atoms with Crippen molar-refractivity contribution in [1.82, 2.24) is 33.9 Å². The molecule has 0 fully saturated rings. The van der Waals surface area contributed by atoms with Gasteiger partial charge in [-0.1, -0.05) is 0 Å². The van der Waals surface area contributed by atoms with Gasteiger partial charge in [-0.2, -0.15) is 10.1 Å². The molecule has 0 amide bonds. The lowest BCUT2D eigenvalue weighted by Crippen LogP contribution is -2.20. The molecule has 0 atom stereocenters. The van der Waals surface area contributed by atoms with Crippen LogP contribution in [0.4, 0.5) is 24.8 Å². The second kappa shape index (κ2) is 8.17. The van der Waals surface area contributed by atoms with Gasteiger partial charge in [0.2, 0.25) is 5.95 Å². The minimum atomic E-state index is -2.59. The number of oxazole rings is 1. The van der Waals surface area contributed by atoms with Crippen LogP contribution in [0.1, 0.15) is 5.56 Å². The maximum absolute atomic E-state index is 14.7. The maximum atomic E-state index is 14.7. The summed E-state index contributed by atoms with van der Waals surface area (Å²) in [4.78, 5) is 25.3. The minimum Gasteiger partial charge on any atom is -0.443 e. The fourth-order valence-electron chi connectivity index (χ4n) is 3.59. The van der Waals surface area contributed by atoms with Crippen LogP contribution >= 0.6 is 0 Å². The van der Waals surface area contributed by atoms with Gasteiger partial charge in [0.05, 0.1) is 29.8 Å². The highest BCUT2D eigenvalue weighted by Crippen LogP contribution is 2.29. The van der Waals surface area contributed by atoms with Crippen molar-refractivity contribution in [2.24, 2.45) is 7.05 Å². The molecule has 0 bridgehead atoms. The average Bonchev–Trinajstić information content (AvgIpc) is 3.52. The van der Waals surface area contributed by atoms with E-state index in [0.717, 1.165) is 4.68 Å². The van der Waals surface area contributed by atoms with Crippen LogP contribution in [0.15, 0.2) is 52.5 Å². The largest absolute Gasteiger partial charge is 0.443 e. The van der Waals surface area contributed by atoms with Crippen molar-refractivity contribution >= 4 is 22.8 Å². The summed E-state index contributed by atoms with van der Waals surface area (Å²) in [5, 5.41) is 6.85. The zero-order valence-electron chi connectivity index (χ0n) is 17.9. The SMILES string of the molecule is Cc1cc(-c2cnco2)c(F)cc1Nc1ncc2c(n1)n(-c1cnn(CC(F)F)c1)c(=O)n2C. The molecule has 5 rings (SSSR count). The number of halogens is 3. The second-order valence-corrected chi connectivity index (χ2v) is 7.53. The number of aryl methyl sites for hydroxylation is 2. The van der Waals surface area contributed by atoms with E-state index in [2.05, 4.69) is 25.4 Å². The molecule has 0 radical (unpaired) electrons. The Balaban J connectivity index is 1.54. The van der Waals surface area contributed by atoms with E-state index >= 15 is 0 Å². The van der Waals surface area contributed by atoms with Crippen molar-refractivity contribution in [3.63, 3.8) is 0 Å². The summed E-state index contributed by atoms with van der Waals surface area (Å²) >= 11 is 0. The van der Waals surface area contributed by atoms with Crippen molar-refractivity contribution < 1.29 is 17.6 Å². The van der Waals surface area contributed by atoms with Gasteiger partial charge >= 0.3 is 5.69 Å². The normalized spacial score (nSPS) is 11.6. The molecule has 4 aromatic heterocycles. The predicted molar refractivity (Wildman–Crippen MR) is 116 cm³/mol. The van der Waals surface area contributed by atoms with Crippen LogP contribution < -0.4 is 11.0 Å². The number of fused-ring (bicyclic) bond motifs is 1. The molecule has 0 saturated heterocycles. The van der Waals surface area contributed by atoms with Crippen molar-refractivity contribution in [2.45, 2.75) is 19.9 Å². The van der Waals surface area contributed by atoms with Crippen molar-refractivity contribution in [3.05, 3.63) is 65.2 Å². The first-order chi connectivity index (χ1) is 16.3. The molecule has 10 nitrogen and oxygen atoms in total. The molecule has 0 unspecified atom stereocenters. The first-order valence-electron chi connectivity index (χ1n) is 10.0. The average molecular weight is 470 g/mol. The van der Waals surface area contributed by atoms with Crippen LogP contribution in [-0.2, 0) is 13.6 Å². The Labute approximate surface area is 189 Å². The summed E-state index contributed by atoms with van der Waals surface area (Å²) in [7, 11) is 1.54. The van der Waals surface area contributed by atoms with Crippen LogP contribution in [0.2, 0.25) is 0 Å². The lowest BCUT2D eigenvalue weighted by atomic mass is 10.1. The standard InChI is InChI=1S/C21H17F3N8O2/c1-11-3-13(17-7-25-10-34-17)14(22)4-15(11)28-20-26-6-16-19(29-20)32(21(33)30(16)2)12-5-27-31(8-12)9-18(23)24/h3-8,10,18H,9H2,1-2H3,(H,26,28,29). The van der Waals surface area contributed by atoms with Crippen LogP contribution in [0.25, 0.3) is 28.2 Å². The second-order valence-electron chi connectivity index (χ2n) is 7.53. The number of anilines is 2. The van der Waals surface area contributed by atoms with Gasteiger partial charge in [0.1, 0.15) is 17.9 Å². The smallest absolute Gasteiger partial charge is 0.334 e. The Morgan fingerprint density at radius 3 is 2.76 bits per heavy atom. The number of benzene rings is 1. The number of nitrogens with zero attached hydrogens (tertiary/aromatic N) is 7. The van der Waals surface area contributed by atoms with Gasteiger partial charge in [-0.15, -0.1) is 0 Å². The van der Waals surface area contributed by atoms with Gasteiger partial charge in [0, 0.05) is 18.9 Å². The Hall–Kier alpha value is -4.42. The molecule has 4 heterocycles. The molecule has 0 spiro atoms. The van der Waals surface area contributed by atoms with Crippen LogP contribution in [0, 0.1) is 12.7 Å². The molecule has 1 aromatic carbocycles. The summed E-state index contributed by atoms with van der Waals surface area (Å²) < 4.78 is 48.9. The fourth-order valence-corrected chi connectivity index (χ4v) is 3.59. The molecule has 13 heteroatoms. The Morgan fingerprint density at radius 1 is 1.21 bits per heavy atom. The van der Waals surface area contributed by atoms with Crippen LogP contribution in [0.3, 0.4) is 0 Å². The zero-order valence-corrected chi connectivity index (χ0v) is 17.9. The van der Waals surface area contributed by atoms with Gasteiger partial charge < -0.3 is 9.73 Å². The van der Waals surface area contributed by atoms with E-state index in [-0.39, 0.29) is 22.8 Å². The molecule has 1 N–H and O–H groups in total. The Kier molecular flexibility index (Phi) is 5.15. The summed E-state index contributed by atoms with van der Waals surface area (Å²) in [6.07, 6.45) is 4.13. The number of aromatic nitrogens is 7. The lowest BCUT2D eigenvalue weighted by molar-refractivity contribution is 0.122. The van der Waals surface area contributed by atoms with E-state index in [1.807, 2.05) is 0 Å². The highest BCUT2D eigenvalue weighted by molar-refractivity contribution is 5.75. The van der Waals surface area contributed by atoms with E-state index in [0.29, 0.717) is 22.5 Å². The number of alkyl halides is 2. The molecule has 34 heavy (non-hydrogen) atoms. The number of rotatable bonds is 6. The van der Waals surface area contributed by atoms with E-state index in [4.69, 9.17) is 4.42 Å². The highest BCUT2D eigenvalue weighted by atomic mass is 19.3. The molecule has 0 saturated carbocycles. The predicted octanol–water partition coefficient (Wildman–Crippen LogP) is 3.43. The van der Waals surface area contributed by atoms with Gasteiger partial charge in [-0.05, 0) is 24.6 Å². The maximum Gasteiger partial charge on any atom is 0.334 e. The number of hydrogen-bond donors (Lipinski definition) is 1. The summed E-state index contributed by atoms with van der Waals surface area (Å²) in [6.45, 7) is 1.17. The van der Waals surface area contributed by atoms with Crippen LogP contribution in [-0.4, -0.2) is 40.3 Å². The lowest BCUT2D eigenvalue weighted by Gasteiger charge is -2.10. The molecule has 5 aromatic rings. The molecule has 174 valence electrons. The molecular formula is C21H17F3N8O2. The quantitative estimate of drug-likeness (QED) is 0.405. The molecular weight excluding hydrogens is 453 g/mol. The van der Waals surface area contributed by atoms with Crippen molar-refractivity contribution in [2.75, 3.05) is 5.32 Å². The topological polar surface area (TPSA) is 109 Å². The first-order valence-corrected chi connectivity index (χ1v) is 10.0. The molecule has 0 aliphatic heterocycles. The number of hydrogen-bond acceptors (Lipinski definition) is 7. The van der Waals surface area contributed by atoms with E-state index in [9.17, 15) is 18.0 Å². The highest BCUT2D eigenvalue weighted by Gasteiger charge is 2.18. The van der Waals surface area contributed by atoms with Gasteiger partial charge in [0.15, 0.2) is 17.8 Å². The van der Waals surface area contributed by atoms with E-state index < -0.39 is 24.5 Å². The van der Waals surface area contributed by atoms with Crippen molar-refractivity contribution in [3.8, 4) is 17.0 Å². The minimum absolute atomic E-state index is 0.113. The Morgan fingerprint density at radius 2 is 2.03 bits per heavy atom. The third-order valence-corrected chi connectivity index (χ3v) is 5.26. The van der Waals surface area contributed by atoms with Gasteiger partial charge in [-0.25, -0.2) is 32.5 Å². The zero-order chi connectivity index (χ0) is 24.0. The van der Waals surface area contributed by atoms with E-state index in [1.54, 1.807) is 20.0 Å². The summed E-state index contributed by atoms with van der Waals surface area (Å²) in [5.41, 5.74) is 1.84. The van der Waals surface area contributed by atoms with Gasteiger partial charge in [0.25, 0.3) is 6.43 Å². The van der Waals surface area contributed by atoms with E-state index in [1.165, 1.54) is 46.4 Å². The number of nitrogens with one attached hydrogen (secondary N) is 1. The first kappa shape index (κ1) is 21.4. The Bertz CT molecular complexity index is 1550. The van der Waals surface area contributed by atoms with Gasteiger partial charge in [-0.3, -0.25) is 9.25 Å². The number of imidazole rings is 1. The summed E-state index contributed by atoms with van der Waals surface area (Å²) in [6, 6.07) is 2.89. The monoisotopic (exact) mass is 470 g/mol. The summed E-state index contributed by atoms with van der Waals surface area (Å²) in [5.74, 6) is -0.124. The fraction of sp³-hybridized carbons (Fsp3) is 0.190. The molecule has 0 aliphatic carbocycles. The molecule has 0 aliphatic rings.